The molecule has 4 nitrogen and oxygen atoms in total. The standard InChI is InChI=1S/C16H27NO3/c1-16(2,3)20-12-10-18-9-11-19-15-8-6-5-7-14(15)13-17-4/h5-8,17H,9-13H2,1-4H3. The summed E-state index contributed by atoms with van der Waals surface area (Å²) in [4.78, 5) is 0. The largest absolute Gasteiger partial charge is 0.491 e. The average Bonchev–Trinajstić information content (AvgIpc) is 2.38. The van der Waals surface area contributed by atoms with Crippen LogP contribution in [0.2, 0.25) is 0 Å². The van der Waals surface area contributed by atoms with Gasteiger partial charge in [0.05, 0.1) is 25.4 Å². The van der Waals surface area contributed by atoms with Gasteiger partial charge in [0.2, 0.25) is 0 Å². The summed E-state index contributed by atoms with van der Waals surface area (Å²) in [6.45, 7) is 9.24. The van der Waals surface area contributed by atoms with Crippen LogP contribution >= 0.6 is 0 Å². The molecule has 0 aliphatic carbocycles. The average molecular weight is 281 g/mol. The molecule has 0 aromatic heterocycles. The minimum absolute atomic E-state index is 0.105. The molecular weight excluding hydrogens is 254 g/mol. The normalized spacial score (nSPS) is 11.6. The third-order valence-electron chi connectivity index (χ3n) is 2.59. The summed E-state index contributed by atoms with van der Waals surface area (Å²) in [5, 5.41) is 3.13. The van der Waals surface area contributed by atoms with E-state index in [2.05, 4.69) is 11.4 Å². The monoisotopic (exact) mass is 281 g/mol. The van der Waals surface area contributed by atoms with Gasteiger partial charge < -0.3 is 19.5 Å². The van der Waals surface area contributed by atoms with Crippen molar-refractivity contribution < 1.29 is 14.2 Å². The molecule has 0 heterocycles. The first kappa shape index (κ1) is 17.0. The zero-order valence-corrected chi connectivity index (χ0v) is 13.1. The van der Waals surface area contributed by atoms with Gasteiger partial charge in [-0.2, -0.15) is 0 Å². The van der Waals surface area contributed by atoms with E-state index in [1.54, 1.807) is 0 Å². The Kier molecular flexibility index (Phi) is 7.59. The molecule has 0 spiro atoms. The molecule has 4 heteroatoms. The lowest BCUT2D eigenvalue weighted by Crippen LogP contribution is -2.22. The molecule has 0 saturated carbocycles. The number of nitrogens with one attached hydrogen (secondary N) is 1. The highest BCUT2D eigenvalue weighted by atomic mass is 16.5. The van der Waals surface area contributed by atoms with Crippen molar-refractivity contribution in [1.29, 1.82) is 0 Å². The molecule has 0 bridgehead atoms. The Hall–Kier alpha value is -1.10. The van der Waals surface area contributed by atoms with E-state index in [-0.39, 0.29) is 5.60 Å². The fraction of sp³-hybridized carbons (Fsp3) is 0.625. The Bertz CT molecular complexity index is 374. The van der Waals surface area contributed by atoms with Crippen LogP contribution in [0.4, 0.5) is 0 Å². The maximum atomic E-state index is 5.73. The molecule has 0 radical (unpaired) electrons. The highest BCUT2D eigenvalue weighted by Crippen LogP contribution is 2.17. The molecule has 1 rings (SSSR count). The maximum Gasteiger partial charge on any atom is 0.123 e. The molecule has 0 saturated heterocycles. The lowest BCUT2D eigenvalue weighted by Gasteiger charge is -2.19. The summed E-state index contributed by atoms with van der Waals surface area (Å²) in [5.74, 6) is 0.913. The zero-order chi connectivity index (χ0) is 14.8. The number of ether oxygens (including phenoxy) is 3. The van der Waals surface area contributed by atoms with E-state index < -0.39 is 0 Å². The maximum absolute atomic E-state index is 5.73. The molecule has 0 amide bonds. The number of rotatable bonds is 9. The van der Waals surface area contributed by atoms with Crippen molar-refractivity contribution in [3.63, 3.8) is 0 Å². The lowest BCUT2D eigenvalue weighted by molar-refractivity contribution is -0.0376. The minimum atomic E-state index is -0.105. The summed E-state index contributed by atoms with van der Waals surface area (Å²) in [6, 6.07) is 8.03. The molecule has 1 N–H and O–H groups in total. The van der Waals surface area contributed by atoms with Crippen molar-refractivity contribution in [3.8, 4) is 5.75 Å². The Labute approximate surface area is 122 Å². The molecule has 0 aliphatic heterocycles. The highest BCUT2D eigenvalue weighted by molar-refractivity contribution is 5.33. The van der Waals surface area contributed by atoms with Gasteiger partial charge in [-0.05, 0) is 33.9 Å². The van der Waals surface area contributed by atoms with Gasteiger partial charge in [0.25, 0.3) is 0 Å². The van der Waals surface area contributed by atoms with Crippen molar-refractivity contribution in [2.24, 2.45) is 0 Å². The fourth-order valence-electron chi connectivity index (χ4n) is 1.70. The Morgan fingerprint density at radius 2 is 1.70 bits per heavy atom. The van der Waals surface area contributed by atoms with Crippen LogP contribution in [0.3, 0.4) is 0 Å². The Morgan fingerprint density at radius 1 is 1.00 bits per heavy atom. The smallest absolute Gasteiger partial charge is 0.123 e. The van der Waals surface area contributed by atoms with E-state index >= 15 is 0 Å². The van der Waals surface area contributed by atoms with Crippen molar-refractivity contribution in [2.75, 3.05) is 33.5 Å². The summed E-state index contributed by atoms with van der Waals surface area (Å²) in [6.07, 6.45) is 0. The van der Waals surface area contributed by atoms with E-state index in [1.807, 2.05) is 46.0 Å². The Balaban J connectivity index is 2.15. The first-order valence-corrected chi connectivity index (χ1v) is 7.10. The second-order valence-corrected chi connectivity index (χ2v) is 5.56. The van der Waals surface area contributed by atoms with Crippen LogP contribution < -0.4 is 10.1 Å². The Morgan fingerprint density at radius 3 is 2.40 bits per heavy atom. The summed E-state index contributed by atoms with van der Waals surface area (Å²) < 4.78 is 16.8. The zero-order valence-electron chi connectivity index (χ0n) is 13.1. The molecule has 0 unspecified atom stereocenters. The van der Waals surface area contributed by atoms with Crippen LogP contribution in [0.1, 0.15) is 26.3 Å². The SMILES string of the molecule is CNCc1ccccc1OCCOCCOC(C)(C)C. The van der Waals surface area contributed by atoms with Crippen LogP contribution in [0.25, 0.3) is 0 Å². The number of benzene rings is 1. The molecule has 0 atom stereocenters. The number of para-hydroxylation sites is 1. The van der Waals surface area contributed by atoms with Crippen LogP contribution in [0.15, 0.2) is 24.3 Å². The predicted molar refractivity (Wildman–Crippen MR) is 81.2 cm³/mol. The van der Waals surface area contributed by atoms with E-state index in [4.69, 9.17) is 14.2 Å². The van der Waals surface area contributed by atoms with Gasteiger partial charge in [-0.25, -0.2) is 0 Å². The van der Waals surface area contributed by atoms with Gasteiger partial charge in [-0.15, -0.1) is 0 Å². The van der Waals surface area contributed by atoms with Crippen LogP contribution in [-0.4, -0.2) is 39.1 Å². The van der Waals surface area contributed by atoms with Crippen LogP contribution in [-0.2, 0) is 16.0 Å². The third kappa shape index (κ3) is 7.48. The molecule has 1 aromatic carbocycles. The van der Waals surface area contributed by atoms with Gasteiger partial charge >= 0.3 is 0 Å². The number of hydrogen-bond acceptors (Lipinski definition) is 4. The molecule has 0 aliphatic rings. The van der Waals surface area contributed by atoms with Crippen molar-refractivity contribution in [2.45, 2.75) is 32.9 Å². The van der Waals surface area contributed by atoms with Crippen molar-refractivity contribution in [1.82, 2.24) is 5.32 Å². The van der Waals surface area contributed by atoms with Gasteiger partial charge in [0.15, 0.2) is 0 Å². The van der Waals surface area contributed by atoms with Crippen molar-refractivity contribution in [3.05, 3.63) is 29.8 Å². The summed E-state index contributed by atoms with van der Waals surface area (Å²) in [7, 11) is 1.93. The highest BCUT2D eigenvalue weighted by Gasteiger charge is 2.08. The van der Waals surface area contributed by atoms with E-state index in [9.17, 15) is 0 Å². The first-order valence-electron chi connectivity index (χ1n) is 7.10. The molecule has 0 fully saturated rings. The van der Waals surface area contributed by atoms with Gasteiger partial charge in [0, 0.05) is 12.1 Å². The quantitative estimate of drug-likeness (QED) is 0.706. The topological polar surface area (TPSA) is 39.7 Å². The fourth-order valence-corrected chi connectivity index (χ4v) is 1.70. The molecular formula is C16H27NO3. The predicted octanol–water partition coefficient (Wildman–Crippen LogP) is 2.62. The summed E-state index contributed by atoms with van der Waals surface area (Å²) in [5.41, 5.74) is 1.05. The van der Waals surface area contributed by atoms with E-state index in [0.29, 0.717) is 26.4 Å². The lowest BCUT2D eigenvalue weighted by atomic mass is 10.2. The number of hydrogen-bond donors (Lipinski definition) is 1. The molecule has 1 aromatic rings. The van der Waals surface area contributed by atoms with Gasteiger partial charge in [-0.3, -0.25) is 0 Å². The third-order valence-corrected chi connectivity index (χ3v) is 2.59. The summed E-state index contributed by atoms with van der Waals surface area (Å²) >= 11 is 0. The van der Waals surface area contributed by atoms with E-state index in [1.165, 1.54) is 0 Å². The van der Waals surface area contributed by atoms with Gasteiger partial charge in [-0.1, -0.05) is 18.2 Å². The van der Waals surface area contributed by atoms with Gasteiger partial charge in [0.1, 0.15) is 12.4 Å². The van der Waals surface area contributed by atoms with Crippen LogP contribution in [0.5, 0.6) is 5.75 Å². The van der Waals surface area contributed by atoms with E-state index in [0.717, 1.165) is 17.9 Å². The van der Waals surface area contributed by atoms with Crippen LogP contribution in [0, 0.1) is 0 Å². The minimum Gasteiger partial charge on any atom is -0.491 e. The van der Waals surface area contributed by atoms with Crippen molar-refractivity contribution >= 4 is 0 Å². The molecule has 114 valence electrons. The molecule has 20 heavy (non-hydrogen) atoms. The second kappa shape index (κ2) is 8.95. The second-order valence-electron chi connectivity index (χ2n) is 5.56. The first-order chi connectivity index (χ1) is 9.53.